The van der Waals surface area contributed by atoms with Crippen LogP contribution in [-0.4, -0.2) is 26.8 Å². The molecule has 0 amide bonds. The van der Waals surface area contributed by atoms with Crippen LogP contribution in [0.5, 0.6) is 0 Å². The molecule has 94 valence electrons. The van der Waals surface area contributed by atoms with Gasteiger partial charge in [-0.15, -0.1) is 0 Å². The lowest BCUT2D eigenvalue weighted by Crippen LogP contribution is -2.37. The minimum Gasteiger partial charge on any atom is -0.384 e. The van der Waals surface area contributed by atoms with E-state index in [0.717, 1.165) is 26.1 Å². The van der Waals surface area contributed by atoms with Gasteiger partial charge in [0, 0.05) is 19.6 Å². The molecule has 1 heterocycles. The number of hydrogen-bond donors (Lipinski definition) is 1. The normalized spacial score (nSPS) is 24.9. The molecule has 2 nitrogen and oxygen atoms in total. The van der Waals surface area contributed by atoms with Gasteiger partial charge < -0.3 is 10.1 Å². The van der Waals surface area contributed by atoms with Gasteiger partial charge in [0.05, 0.1) is 16.7 Å². The predicted octanol–water partition coefficient (Wildman–Crippen LogP) is 3.33. The Bertz CT molecular complexity index is 382. The molecule has 1 aromatic carbocycles. The average Bonchev–Trinajstić information content (AvgIpc) is 2.34. The van der Waals surface area contributed by atoms with Gasteiger partial charge in [0.25, 0.3) is 0 Å². The quantitative estimate of drug-likeness (QED) is 0.912. The van der Waals surface area contributed by atoms with Gasteiger partial charge in [-0.3, -0.25) is 0 Å². The maximum Gasteiger partial charge on any atom is 0.0595 e. The van der Waals surface area contributed by atoms with Gasteiger partial charge >= 0.3 is 0 Å². The van der Waals surface area contributed by atoms with Crippen molar-refractivity contribution in [2.75, 3.05) is 26.8 Å². The van der Waals surface area contributed by atoms with E-state index in [9.17, 15) is 0 Å². The van der Waals surface area contributed by atoms with Crippen molar-refractivity contribution in [3.63, 3.8) is 0 Å². The molecule has 1 fully saturated rings. The third kappa shape index (κ3) is 3.14. The summed E-state index contributed by atoms with van der Waals surface area (Å²) >= 11 is 12.0. The number of piperidine rings is 1. The maximum atomic E-state index is 6.08. The first-order chi connectivity index (χ1) is 8.22. The SMILES string of the molecule is COC[C@@H]1CNCCC1c1ccc(Cl)c(Cl)c1. The Morgan fingerprint density at radius 3 is 2.88 bits per heavy atom. The first-order valence-corrected chi connectivity index (χ1v) is 6.62. The lowest BCUT2D eigenvalue weighted by molar-refractivity contribution is 0.125. The van der Waals surface area contributed by atoms with Crippen LogP contribution in [0.15, 0.2) is 18.2 Å². The van der Waals surface area contributed by atoms with Gasteiger partial charge in [-0.2, -0.15) is 0 Å². The fourth-order valence-electron chi connectivity index (χ4n) is 2.49. The largest absolute Gasteiger partial charge is 0.384 e. The Balaban J connectivity index is 2.20. The zero-order valence-electron chi connectivity index (χ0n) is 9.88. The molecule has 0 aromatic heterocycles. The van der Waals surface area contributed by atoms with Crippen molar-refractivity contribution in [2.45, 2.75) is 12.3 Å². The molecule has 0 saturated carbocycles. The van der Waals surface area contributed by atoms with E-state index in [4.69, 9.17) is 27.9 Å². The van der Waals surface area contributed by atoms with E-state index >= 15 is 0 Å². The number of rotatable bonds is 3. The monoisotopic (exact) mass is 273 g/mol. The second kappa shape index (κ2) is 6.05. The Morgan fingerprint density at radius 1 is 1.35 bits per heavy atom. The van der Waals surface area contributed by atoms with E-state index in [1.165, 1.54) is 5.56 Å². The highest BCUT2D eigenvalue weighted by Gasteiger charge is 2.26. The van der Waals surface area contributed by atoms with Crippen LogP contribution in [0.2, 0.25) is 10.0 Å². The lowest BCUT2D eigenvalue weighted by Gasteiger charge is -2.32. The van der Waals surface area contributed by atoms with Crippen LogP contribution in [0.4, 0.5) is 0 Å². The van der Waals surface area contributed by atoms with Crippen LogP contribution in [0.3, 0.4) is 0 Å². The Morgan fingerprint density at radius 2 is 2.18 bits per heavy atom. The Hall–Kier alpha value is -0.280. The van der Waals surface area contributed by atoms with Crippen molar-refractivity contribution in [1.29, 1.82) is 0 Å². The molecular formula is C13H17Cl2NO. The predicted molar refractivity (Wildman–Crippen MR) is 72.1 cm³/mol. The van der Waals surface area contributed by atoms with Crippen molar-refractivity contribution in [2.24, 2.45) is 5.92 Å². The van der Waals surface area contributed by atoms with Gasteiger partial charge in [0.15, 0.2) is 0 Å². The average molecular weight is 274 g/mol. The molecule has 1 unspecified atom stereocenters. The highest BCUT2D eigenvalue weighted by Crippen LogP contribution is 2.33. The smallest absolute Gasteiger partial charge is 0.0595 e. The summed E-state index contributed by atoms with van der Waals surface area (Å²) < 4.78 is 5.29. The fraction of sp³-hybridized carbons (Fsp3) is 0.538. The highest BCUT2D eigenvalue weighted by atomic mass is 35.5. The number of ether oxygens (including phenoxy) is 1. The number of benzene rings is 1. The summed E-state index contributed by atoms with van der Waals surface area (Å²) in [5, 5.41) is 4.66. The summed E-state index contributed by atoms with van der Waals surface area (Å²) in [7, 11) is 1.75. The third-order valence-corrected chi connectivity index (χ3v) is 4.10. The molecular weight excluding hydrogens is 257 g/mol. The van der Waals surface area contributed by atoms with Crippen LogP contribution in [0, 0.1) is 5.92 Å². The molecule has 1 N–H and O–H groups in total. The second-order valence-corrected chi connectivity index (χ2v) is 5.30. The van der Waals surface area contributed by atoms with E-state index in [-0.39, 0.29) is 0 Å². The van der Waals surface area contributed by atoms with Gasteiger partial charge in [-0.1, -0.05) is 29.3 Å². The van der Waals surface area contributed by atoms with Crippen molar-refractivity contribution >= 4 is 23.2 Å². The van der Waals surface area contributed by atoms with Crippen molar-refractivity contribution in [1.82, 2.24) is 5.32 Å². The van der Waals surface area contributed by atoms with Gasteiger partial charge in [0.2, 0.25) is 0 Å². The van der Waals surface area contributed by atoms with Crippen LogP contribution in [-0.2, 0) is 4.74 Å². The zero-order chi connectivity index (χ0) is 12.3. The van der Waals surface area contributed by atoms with Gasteiger partial charge in [-0.05, 0) is 36.6 Å². The summed E-state index contributed by atoms with van der Waals surface area (Å²) in [4.78, 5) is 0. The number of halogens is 2. The highest BCUT2D eigenvalue weighted by molar-refractivity contribution is 6.42. The van der Waals surface area contributed by atoms with Crippen LogP contribution >= 0.6 is 23.2 Å². The minimum atomic E-state index is 0.506. The van der Waals surface area contributed by atoms with Crippen molar-refractivity contribution < 1.29 is 4.74 Å². The molecule has 0 bridgehead atoms. The Kier molecular flexibility index (Phi) is 4.69. The fourth-order valence-corrected chi connectivity index (χ4v) is 2.80. The molecule has 1 aromatic rings. The van der Waals surface area contributed by atoms with E-state index in [1.807, 2.05) is 12.1 Å². The van der Waals surface area contributed by atoms with E-state index < -0.39 is 0 Å². The third-order valence-electron chi connectivity index (χ3n) is 3.36. The molecule has 0 aliphatic carbocycles. The summed E-state index contributed by atoms with van der Waals surface area (Å²) in [5.74, 6) is 1.01. The molecule has 1 saturated heterocycles. The molecule has 1 aliphatic rings. The van der Waals surface area contributed by atoms with E-state index in [2.05, 4.69) is 11.4 Å². The topological polar surface area (TPSA) is 21.3 Å². The number of methoxy groups -OCH3 is 1. The van der Waals surface area contributed by atoms with Crippen LogP contribution < -0.4 is 5.32 Å². The standard InChI is InChI=1S/C13H17Cl2NO/c1-17-8-10-7-16-5-4-11(10)9-2-3-12(14)13(15)6-9/h2-3,6,10-11,16H,4-5,7-8H2,1H3/t10-,11?/m0/s1. The molecule has 2 atom stereocenters. The molecule has 1 aliphatic heterocycles. The lowest BCUT2D eigenvalue weighted by atomic mass is 9.81. The summed E-state index contributed by atoms with van der Waals surface area (Å²) in [6, 6.07) is 5.94. The maximum absolute atomic E-state index is 6.08. The summed E-state index contributed by atoms with van der Waals surface area (Å²) in [6.07, 6.45) is 1.12. The van der Waals surface area contributed by atoms with Gasteiger partial charge in [0.1, 0.15) is 0 Å². The van der Waals surface area contributed by atoms with E-state index in [1.54, 1.807) is 7.11 Å². The number of hydrogen-bond acceptors (Lipinski definition) is 2. The molecule has 0 radical (unpaired) electrons. The zero-order valence-corrected chi connectivity index (χ0v) is 11.4. The Labute approximate surface area is 112 Å². The number of nitrogens with one attached hydrogen (secondary N) is 1. The molecule has 2 rings (SSSR count). The summed E-state index contributed by atoms with van der Waals surface area (Å²) in [5.41, 5.74) is 1.27. The van der Waals surface area contributed by atoms with Crippen molar-refractivity contribution in [3.05, 3.63) is 33.8 Å². The van der Waals surface area contributed by atoms with Crippen LogP contribution in [0.1, 0.15) is 17.9 Å². The molecule has 4 heteroatoms. The van der Waals surface area contributed by atoms with Crippen LogP contribution in [0.25, 0.3) is 0 Å². The second-order valence-electron chi connectivity index (χ2n) is 4.49. The molecule has 17 heavy (non-hydrogen) atoms. The summed E-state index contributed by atoms with van der Waals surface area (Å²) in [6.45, 7) is 2.82. The van der Waals surface area contributed by atoms with Crippen molar-refractivity contribution in [3.8, 4) is 0 Å². The first-order valence-electron chi connectivity index (χ1n) is 5.87. The first kappa shape index (κ1) is 13.2. The minimum absolute atomic E-state index is 0.506. The van der Waals surface area contributed by atoms with Gasteiger partial charge in [-0.25, -0.2) is 0 Å². The molecule has 0 spiro atoms. The van der Waals surface area contributed by atoms with E-state index in [0.29, 0.717) is 21.9 Å².